The van der Waals surface area contributed by atoms with Crippen molar-refractivity contribution in [2.75, 3.05) is 0 Å². The van der Waals surface area contributed by atoms with Crippen LogP contribution in [0.1, 0.15) is 32.1 Å². The van der Waals surface area contributed by atoms with E-state index in [2.05, 4.69) is 5.10 Å². The van der Waals surface area contributed by atoms with Gasteiger partial charge in [-0.25, -0.2) is 4.52 Å². The molecule has 0 N–H and O–H groups in total. The normalized spacial score (nSPS) is 16.8. The molecule has 0 atom stereocenters. The zero-order valence-corrected chi connectivity index (χ0v) is 10.8. The van der Waals surface area contributed by atoms with E-state index in [1.54, 1.807) is 24.7 Å². The number of carbonyl (C=O) groups excluding carboxylic acids is 1. The Labute approximate surface area is 110 Å². The third-order valence-corrected chi connectivity index (χ3v) is 3.92. The highest BCUT2D eigenvalue weighted by Gasteiger charge is 2.21. The van der Waals surface area contributed by atoms with Gasteiger partial charge in [-0.3, -0.25) is 9.59 Å². The number of hydrogen-bond acceptors (Lipinski definition) is 3. The number of aromatic nitrogens is 3. The number of ketones is 1. The summed E-state index contributed by atoms with van der Waals surface area (Å²) in [4.78, 5) is 24.4. The summed E-state index contributed by atoms with van der Waals surface area (Å²) in [6.45, 7) is 0.186. The molecule has 0 aromatic carbocycles. The summed E-state index contributed by atoms with van der Waals surface area (Å²) in [6.07, 6.45) is 10.4. The highest BCUT2D eigenvalue weighted by Crippen LogP contribution is 2.24. The van der Waals surface area contributed by atoms with Crippen LogP contribution in [-0.2, 0) is 11.3 Å². The molecule has 1 aliphatic carbocycles. The van der Waals surface area contributed by atoms with E-state index in [9.17, 15) is 9.59 Å². The lowest BCUT2D eigenvalue weighted by molar-refractivity contribution is -0.124. The maximum Gasteiger partial charge on any atom is 0.276 e. The number of carbonyl (C=O) groups is 1. The van der Waals surface area contributed by atoms with Gasteiger partial charge in [0, 0.05) is 18.3 Å². The van der Waals surface area contributed by atoms with Crippen LogP contribution in [0.3, 0.4) is 0 Å². The third-order valence-electron chi connectivity index (χ3n) is 3.92. The van der Waals surface area contributed by atoms with Crippen LogP contribution in [0.25, 0.3) is 5.52 Å². The molecule has 1 aliphatic rings. The predicted octanol–water partition coefficient (Wildman–Crippen LogP) is 1.65. The largest absolute Gasteiger partial charge is 0.305 e. The molecule has 0 radical (unpaired) electrons. The molecule has 1 fully saturated rings. The van der Waals surface area contributed by atoms with E-state index < -0.39 is 0 Å². The molecule has 0 spiro atoms. The molecule has 0 saturated heterocycles. The van der Waals surface area contributed by atoms with E-state index in [1.807, 2.05) is 0 Å². The number of hydrogen-bond donors (Lipinski definition) is 0. The molecule has 5 heteroatoms. The van der Waals surface area contributed by atoms with Gasteiger partial charge in [0.2, 0.25) is 0 Å². The van der Waals surface area contributed by atoms with Crippen LogP contribution in [0.2, 0.25) is 0 Å². The molecule has 0 bridgehead atoms. The number of fused-ring (bicyclic) bond motifs is 1. The van der Waals surface area contributed by atoms with E-state index in [4.69, 9.17) is 0 Å². The van der Waals surface area contributed by atoms with Gasteiger partial charge in [-0.2, -0.15) is 5.10 Å². The Morgan fingerprint density at radius 3 is 2.84 bits per heavy atom. The molecule has 0 amide bonds. The maximum atomic E-state index is 12.2. The van der Waals surface area contributed by atoms with Gasteiger partial charge in [0.15, 0.2) is 5.78 Å². The fourth-order valence-electron chi connectivity index (χ4n) is 2.81. The smallest absolute Gasteiger partial charge is 0.276 e. The lowest BCUT2D eigenvalue weighted by Gasteiger charge is -2.20. The van der Waals surface area contributed by atoms with Gasteiger partial charge in [-0.05, 0) is 18.9 Å². The minimum atomic E-state index is -0.149. The summed E-state index contributed by atoms with van der Waals surface area (Å²) in [5, 5.41) is 4.01. The summed E-state index contributed by atoms with van der Waals surface area (Å²) < 4.78 is 3.03. The summed E-state index contributed by atoms with van der Waals surface area (Å²) >= 11 is 0. The van der Waals surface area contributed by atoms with Crippen LogP contribution < -0.4 is 5.56 Å². The molecule has 2 aromatic heterocycles. The van der Waals surface area contributed by atoms with Crippen molar-refractivity contribution in [3.63, 3.8) is 0 Å². The molecule has 2 aromatic rings. The zero-order chi connectivity index (χ0) is 13.2. The van der Waals surface area contributed by atoms with E-state index in [0.29, 0.717) is 5.52 Å². The van der Waals surface area contributed by atoms with Gasteiger partial charge in [0.1, 0.15) is 5.52 Å². The maximum absolute atomic E-state index is 12.2. The van der Waals surface area contributed by atoms with Crippen molar-refractivity contribution < 1.29 is 4.79 Å². The van der Waals surface area contributed by atoms with Crippen LogP contribution in [0, 0.1) is 5.92 Å². The van der Waals surface area contributed by atoms with Gasteiger partial charge in [-0.15, -0.1) is 0 Å². The van der Waals surface area contributed by atoms with Gasteiger partial charge in [-0.1, -0.05) is 19.3 Å². The van der Waals surface area contributed by atoms with Crippen LogP contribution in [0.15, 0.2) is 29.5 Å². The number of Topliss-reactive ketones (excluding diaryl/α,β-unsaturated/α-hetero) is 1. The van der Waals surface area contributed by atoms with E-state index in [0.717, 1.165) is 25.7 Å². The minimum Gasteiger partial charge on any atom is -0.305 e. The first kappa shape index (κ1) is 12.1. The second-order valence-corrected chi connectivity index (χ2v) is 5.19. The number of nitrogens with zero attached hydrogens (tertiary/aromatic N) is 3. The fourth-order valence-corrected chi connectivity index (χ4v) is 2.81. The van der Waals surface area contributed by atoms with Crippen LogP contribution in [0.4, 0.5) is 0 Å². The molecule has 100 valence electrons. The van der Waals surface area contributed by atoms with E-state index in [-0.39, 0.29) is 23.8 Å². The van der Waals surface area contributed by atoms with Crippen LogP contribution >= 0.6 is 0 Å². The summed E-state index contributed by atoms with van der Waals surface area (Å²) in [6, 6.07) is 1.67. The molecule has 0 unspecified atom stereocenters. The average molecular weight is 259 g/mol. The second kappa shape index (κ2) is 4.99. The summed E-state index contributed by atoms with van der Waals surface area (Å²) in [7, 11) is 0. The Kier molecular flexibility index (Phi) is 3.19. The number of rotatable bonds is 3. The van der Waals surface area contributed by atoms with Gasteiger partial charge >= 0.3 is 0 Å². The summed E-state index contributed by atoms with van der Waals surface area (Å²) in [5.74, 6) is 0.326. The fraction of sp³-hybridized carbons (Fsp3) is 0.500. The highest BCUT2D eigenvalue weighted by atomic mass is 16.1. The Morgan fingerprint density at radius 1 is 1.26 bits per heavy atom. The standard InChI is InChI=1S/C14H17N3O2/c18-13(11-4-2-1-3-5-11)10-16-8-9-17-12(14(16)19)6-7-15-17/h6-9,11H,1-5,10H2. The monoisotopic (exact) mass is 259 g/mol. The van der Waals surface area contributed by atoms with Crippen molar-refractivity contribution >= 4 is 11.3 Å². The molecular formula is C14H17N3O2. The van der Waals surface area contributed by atoms with Crippen molar-refractivity contribution in [1.29, 1.82) is 0 Å². The Hall–Kier alpha value is -1.91. The lowest BCUT2D eigenvalue weighted by atomic mass is 9.86. The molecule has 0 aliphatic heterocycles. The Morgan fingerprint density at radius 2 is 2.05 bits per heavy atom. The first-order valence-corrected chi connectivity index (χ1v) is 6.81. The van der Waals surface area contributed by atoms with Crippen molar-refractivity contribution in [3.8, 4) is 0 Å². The van der Waals surface area contributed by atoms with Crippen LogP contribution in [0.5, 0.6) is 0 Å². The Bertz CT molecular complexity index is 650. The molecule has 1 saturated carbocycles. The minimum absolute atomic E-state index is 0.141. The SMILES string of the molecule is O=C(Cn1ccn2nccc2c1=O)C1CCCCC1. The Balaban J connectivity index is 1.82. The van der Waals surface area contributed by atoms with Gasteiger partial charge in [0.05, 0.1) is 12.7 Å². The van der Waals surface area contributed by atoms with Gasteiger partial charge in [0.25, 0.3) is 5.56 Å². The van der Waals surface area contributed by atoms with E-state index in [1.165, 1.54) is 15.5 Å². The lowest BCUT2D eigenvalue weighted by Crippen LogP contribution is -2.29. The molecule has 2 heterocycles. The van der Waals surface area contributed by atoms with Crippen molar-refractivity contribution in [1.82, 2.24) is 14.2 Å². The second-order valence-electron chi connectivity index (χ2n) is 5.19. The highest BCUT2D eigenvalue weighted by molar-refractivity contribution is 5.80. The predicted molar refractivity (Wildman–Crippen MR) is 71.0 cm³/mol. The van der Waals surface area contributed by atoms with Crippen LogP contribution in [-0.4, -0.2) is 20.0 Å². The first-order chi connectivity index (χ1) is 9.25. The zero-order valence-electron chi connectivity index (χ0n) is 10.8. The first-order valence-electron chi connectivity index (χ1n) is 6.81. The van der Waals surface area contributed by atoms with Crippen molar-refractivity contribution in [3.05, 3.63) is 35.0 Å². The third kappa shape index (κ3) is 2.32. The molecule has 3 rings (SSSR count). The van der Waals surface area contributed by atoms with Crippen molar-refractivity contribution in [2.24, 2.45) is 5.92 Å². The molecular weight excluding hydrogens is 242 g/mol. The quantitative estimate of drug-likeness (QED) is 0.842. The van der Waals surface area contributed by atoms with Gasteiger partial charge < -0.3 is 4.57 Å². The van der Waals surface area contributed by atoms with Crippen molar-refractivity contribution in [2.45, 2.75) is 38.6 Å². The average Bonchev–Trinajstić information content (AvgIpc) is 2.92. The molecule has 5 nitrogen and oxygen atoms in total. The molecule has 19 heavy (non-hydrogen) atoms. The summed E-state index contributed by atoms with van der Waals surface area (Å²) in [5.41, 5.74) is 0.364. The van der Waals surface area contributed by atoms with E-state index >= 15 is 0 Å². The topological polar surface area (TPSA) is 56.4 Å².